The average molecular weight is 722 g/mol. The van der Waals surface area contributed by atoms with Crippen molar-refractivity contribution in [2.45, 2.75) is 46.1 Å². The van der Waals surface area contributed by atoms with Crippen molar-refractivity contribution in [2.75, 3.05) is 26.4 Å². The smallest absolute Gasteiger partial charge is 0.490 e. The zero-order chi connectivity index (χ0) is 37.6. The number of amides is 1. The highest BCUT2D eigenvalue weighted by Gasteiger charge is 2.39. The summed E-state index contributed by atoms with van der Waals surface area (Å²) in [5.41, 5.74) is 11.1. The summed E-state index contributed by atoms with van der Waals surface area (Å²) in [4.78, 5) is 44.5. The molecule has 1 aromatic carbocycles. The monoisotopic (exact) mass is 721 g/mol. The summed E-state index contributed by atoms with van der Waals surface area (Å²) < 4.78 is 71.5. The third-order valence-electron chi connectivity index (χ3n) is 6.47. The molecular formula is C29H30ClF6N7O6. The topological polar surface area (TPSA) is 187 Å². The summed E-state index contributed by atoms with van der Waals surface area (Å²) in [5, 5.41) is 20.3. The predicted molar refractivity (Wildman–Crippen MR) is 164 cm³/mol. The van der Waals surface area contributed by atoms with E-state index in [-0.39, 0.29) is 11.9 Å². The first-order valence-electron chi connectivity index (χ1n) is 13.7. The molecule has 0 saturated carbocycles. The Balaban J connectivity index is 0.000000500. The van der Waals surface area contributed by atoms with E-state index in [1.165, 1.54) is 11.2 Å². The number of alkyl halides is 6. The lowest BCUT2D eigenvalue weighted by molar-refractivity contribution is -0.193. The van der Waals surface area contributed by atoms with Crippen molar-refractivity contribution in [1.29, 1.82) is 0 Å². The van der Waals surface area contributed by atoms with E-state index in [4.69, 9.17) is 47.0 Å². The van der Waals surface area contributed by atoms with E-state index in [1.807, 2.05) is 44.5 Å². The predicted octanol–water partition coefficient (Wildman–Crippen LogP) is 5.72. The molecule has 0 aliphatic rings. The first-order valence-corrected chi connectivity index (χ1v) is 14.1. The number of carboxylic acid groups (broad SMARTS) is 2. The number of aromatic nitrogens is 5. The second kappa shape index (κ2) is 15.8. The Bertz CT molecular complexity index is 1810. The fourth-order valence-electron chi connectivity index (χ4n) is 4.17. The molecule has 0 saturated heterocycles. The summed E-state index contributed by atoms with van der Waals surface area (Å²) in [5.74, 6) is -4.61. The molecule has 4 N–H and O–H groups in total. The van der Waals surface area contributed by atoms with Crippen LogP contribution in [0.1, 0.15) is 47.2 Å². The van der Waals surface area contributed by atoms with Crippen LogP contribution in [-0.4, -0.2) is 90.7 Å². The number of aryl methyl sites for hydroxylation is 1. The van der Waals surface area contributed by atoms with E-state index < -0.39 is 24.3 Å². The molecule has 0 bridgehead atoms. The number of ether oxygens (including phenoxy) is 1. The van der Waals surface area contributed by atoms with Crippen molar-refractivity contribution < 1.29 is 55.7 Å². The SMILES string of the molecule is CCOc1c(C(C)n2nc(C)c3c(N)ncnc32)cc(Cl)c(C)c1-c1ccc(C(=O)N(C)C)nc1.O=C(O)C(F)(F)F.O=C(O)C(F)(F)F. The van der Waals surface area contributed by atoms with Crippen LogP contribution in [-0.2, 0) is 9.59 Å². The maximum absolute atomic E-state index is 12.3. The van der Waals surface area contributed by atoms with Crippen LogP contribution in [0.3, 0.4) is 0 Å². The third kappa shape index (κ3) is 9.68. The number of carbonyl (C=O) groups excluding carboxylic acids is 1. The number of aliphatic carboxylic acids is 2. The van der Waals surface area contributed by atoms with Gasteiger partial charge in [-0.25, -0.2) is 24.2 Å². The van der Waals surface area contributed by atoms with Gasteiger partial charge in [-0.05, 0) is 45.4 Å². The average Bonchev–Trinajstić information content (AvgIpc) is 3.35. The van der Waals surface area contributed by atoms with Crippen LogP contribution in [0, 0.1) is 13.8 Å². The minimum Gasteiger partial charge on any atom is -0.493 e. The number of benzene rings is 1. The number of carboxylic acids is 2. The number of rotatable bonds is 6. The molecule has 1 unspecified atom stereocenters. The number of nitrogens with zero attached hydrogens (tertiary/aromatic N) is 6. The molecule has 0 aliphatic heterocycles. The van der Waals surface area contributed by atoms with E-state index >= 15 is 0 Å². The van der Waals surface area contributed by atoms with Crippen LogP contribution in [0.2, 0.25) is 5.02 Å². The number of anilines is 1. The fourth-order valence-corrected chi connectivity index (χ4v) is 4.38. The van der Waals surface area contributed by atoms with Crippen molar-refractivity contribution in [2.24, 2.45) is 0 Å². The van der Waals surface area contributed by atoms with Crippen LogP contribution < -0.4 is 10.5 Å². The molecule has 49 heavy (non-hydrogen) atoms. The fraction of sp³-hybridized carbons (Fsp3) is 0.345. The molecule has 3 aromatic heterocycles. The minimum absolute atomic E-state index is 0.166. The van der Waals surface area contributed by atoms with Crippen LogP contribution in [0.4, 0.5) is 32.2 Å². The number of hydrogen-bond acceptors (Lipinski definition) is 9. The van der Waals surface area contributed by atoms with Gasteiger partial charge in [0.05, 0.1) is 23.7 Å². The van der Waals surface area contributed by atoms with Crippen molar-refractivity contribution >= 4 is 46.3 Å². The lowest BCUT2D eigenvalue weighted by Gasteiger charge is -2.23. The number of nitrogen functional groups attached to an aromatic ring is 1. The summed E-state index contributed by atoms with van der Waals surface area (Å²) >= 11 is 6.73. The van der Waals surface area contributed by atoms with Crippen LogP contribution in [0.15, 0.2) is 30.7 Å². The first-order chi connectivity index (χ1) is 22.5. The molecule has 0 fully saturated rings. The van der Waals surface area contributed by atoms with Gasteiger partial charge in [0.1, 0.15) is 23.6 Å². The number of hydrogen-bond donors (Lipinski definition) is 3. The van der Waals surface area contributed by atoms with E-state index in [0.717, 1.165) is 33.3 Å². The minimum atomic E-state index is -5.08. The van der Waals surface area contributed by atoms with Gasteiger partial charge in [0, 0.05) is 42.0 Å². The zero-order valence-electron chi connectivity index (χ0n) is 26.6. The van der Waals surface area contributed by atoms with Crippen LogP contribution in [0.25, 0.3) is 22.2 Å². The maximum atomic E-state index is 12.3. The first kappa shape index (κ1) is 40.0. The summed E-state index contributed by atoms with van der Waals surface area (Å²) in [6.07, 6.45) is -7.06. The Labute approximate surface area is 279 Å². The summed E-state index contributed by atoms with van der Waals surface area (Å²) in [6, 6.07) is 5.20. The number of nitrogens with two attached hydrogens (primary N) is 1. The van der Waals surface area contributed by atoms with E-state index in [0.29, 0.717) is 34.5 Å². The van der Waals surface area contributed by atoms with Crippen molar-refractivity contribution in [3.8, 4) is 16.9 Å². The molecule has 0 radical (unpaired) electrons. The summed E-state index contributed by atoms with van der Waals surface area (Å²) in [6.45, 7) is 8.21. The molecule has 0 aliphatic carbocycles. The number of pyridine rings is 1. The molecule has 1 amide bonds. The third-order valence-corrected chi connectivity index (χ3v) is 6.86. The quantitative estimate of drug-likeness (QED) is 0.207. The van der Waals surface area contributed by atoms with Gasteiger partial charge >= 0.3 is 24.3 Å². The van der Waals surface area contributed by atoms with Crippen molar-refractivity contribution in [1.82, 2.24) is 29.6 Å². The Hall–Kier alpha value is -5.20. The summed E-state index contributed by atoms with van der Waals surface area (Å²) in [7, 11) is 3.39. The van der Waals surface area contributed by atoms with Crippen molar-refractivity contribution in [3.63, 3.8) is 0 Å². The maximum Gasteiger partial charge on any atom is 0.490 e. The molecule has 4 aromatic rings. The molecule has 1 atom stereocenters. The molecule has 13 nitrogen and oxygen atoms in total. The zero-order valence-corrected chi connectivity index (χ0v) is 27.4. The van der Waals surface area contributed by atoms with Crippen LogP contribution in [0.5, 0.6) is 5.75 Å². The van der Waals surface area contributed by atoms with E-state index in [2.05, 4.69) is 15.0 Å². The van der Waals surface area contributed by atoms with Crippen LogP contribution >= 0.6 is 11.6 Å². The number of halogens is 7. The standard InChI is InChI=1S/C25H28ClN7O2.2C2HF3O2/c1-7-35-22-17(15(4)33-24-21(14(3)31-33)23(27)29-12-30-24)10-18(26)13(2)20(22)16-8-9-19(28-11-16)25(34)32(5)6;2*3-2(4,5)1(6)7/h8-12,15H,7H2,1-6H3,(H2,27,29,30);2*(H,6,7). The number of carbonyl (C=O) groups is 3. The van der Waals surface area contributed by atoms with E-state index in [1.54, 1.807) is 26.4 Å². The highest BCUT2D eigenvalue weighted by Crippen LogP contribution is 2.43. The van der Waals surface area contributed by atoms with E-state index in [9.17, 15) is 31.1 Å². The highest BCUT2D eigenvalue weighted by atomic mass is 35.5. The second-order valence-corrected chi connectivity index (χ2v) is 10.5. The Morgan fingerprint density at radius 1 is 1.02 bits per heavy atom. The molecule has 266 valence electrons. The molecule has 3 heterocycles. The number of fused-ring (bicyclic) bond motifs is 1. The lowest BCUT2D eigenvalue weighted by atomic mass is 9.94. The molecular weight excluding hydrogens is 692 g/mol. The largest absolute Gasteiger partial charge is 0.493 e. The Morgan fingerprint density at radius 2 is 1.57 bits per heavy atom. The molecule has 20 heteroatoms. The normalized spacial score (nSPS) is 11.9. The molecule has 0 spiro atoms. The van der Waals surface area contributed by atoms with Gasteiger partial charge in [-0.2, -0.15) is 31.4 Å². The van der Waals surface area contributed by atoms with Crippen molar-refractivity contribution in [3.05, 3.63) is 58.3 Å². The van der Waals surface area contributed by atoms with Gasteiger partial charge in [-0.1, -0.05) is 17.7 Å². The van der Waals surface area contributed by atoms with Gasteiger partial charge in [-0.3, -0.25) is 9.78 Å². The Kier molecular flexibility index (Phi) is 12.9. The van der Waals surface area contributed by atoms with Gasteiger partial charge < -0.3 is 25.6 Å². The highest BCUT2D eigenvalue weighted by molar-refractivity contribution is 6.32. The van der Waals surface area contributed by atoms with Gasteiger partial charge in [0.2, 0.25) is 0 Å². The lowest BCUT2D eigenvalue weighted by Crippen LogP contribution is -2.22. The van der Waals surface area contributed by atoms with Gasteiger partial charge in [0.15, 0.2) is 5.65 Å². The Morgan fingerprint density at radius 3 is 2.02 bits per heavy atom. The van der Waals surface area contributed by atoms with Gasteiger partial charge in [0.25, 0.3) is 5.91 Å². The second-order valence-electron chi connectivity index (χ2n) is 10.1. The molecule has 4 rings (SSSR count). The van der Waals surface area contributed by atoms with Gasteiger partial charge in [-0.15, -0.1) is 0 Å².